The van der Waals surface area contributed by atoms with Crippen LogP contribution in [0.2, 0.25) is 0 Å². The van der Waals surface area contributed by atoms with E-state index in [9.17, 15) is 0 Å². The van der Waals surface area contributed by atoms with Crippen molar-refractivity contribution in [3.05, 3.63) is 51.5 Å². The molecule has 0 aliphatic heterocycles. The summed E-state index contributed by atoms with van der Waals surface area (Å²) in [4.78, 5) is 5.83. The van der Waals surface area contributed by atoms with Crippen molar-refractivity contribution in [1.82, 2.24) is 10.3 Å². The third-order valence-electron chi connectivity index (χ3n) is 3.54. The molecule has 0 radical (unpaired) electrons. The number of fused-ring (bicyclic) bond motifs is 1. The highest BCUT2D eigenvalue weighted by Crippen LogP contribution is 2.22. The van der Waals surface area contributed by atoms with Crippen LogP contribution < -0.4 is 5.32 Å². The highest BCUT2D eigenvalue weighted by Gasteiger charge is 2.20. The number of nitrogens with zero attached hydrogens (tertiary/aromatic N) is 1. The molecule has 2 nitrogen and oxygen atoms in total. The molecule has 0 fully saturated rings. The summed E-state index contributed by atoms with van der Waals surface area (Å²) < 4.78 is 0. The average molecular weight is 258 g/mol. The number of hydrogen-bond donors (Lipinski definition) is 1. The molecular formula is C15H18N2S. The molecule has 0 spiro atoms. The monoisotopic (exact) mass is 258 g/mol. The Labute approximate surface area is 112 Å². The van der Waals surface area contributed by atoms with E-state index in [2.05, 4.69) is 41.5 Å². The minimum absolute atomic E-state index is 0.580. The lowest BCUT2D eigenvalue weighted by atomic mass is 10.1. The Bertz CT molecular complexity index is 508. The minimum atomic E-state index is 0.580. The van der Waals surface area contributed by atoms with Gasteiger partial charge in [0.2, 0.25) is 0 Å². The van der Waals surface area contributed by atoms with Crippen LogP contribution in [0.25, 0.3) is 0 Å². The van der Waals surface area contributed by atoms with Crippen LogP contribution >= 0.6 is 11.3 Å². The van der Waals surface area contributed by atoms with Gasteiger partial charge in [0.25, 0.3) is 0 Å². The van der Waals surface area contributed by atoms with Gasteiger partial charge < -0.3 is 5.32 Å². The summed E-state index contributed by atoms with van der Waals surface area (Å²) in [6.45, 7) is 3.08. The van der Waals surface area contributed by atoms with Crippen LogP contribution in [0.1, 0.15) is 27.9 Å². The standard InChI is InChI=1S/C15H18N2S/c1-2-14-9-17-15(18-14)10-16-13-7-11-5-3-4-6-12(11)8-13/h3-6,9,13,16H,2,7-8,10H2,1H3. The highest BCUT2D eigenvalue weighted by molar-refractivity contribution is 7.11. The van der Waals surface area contributed by atoms with Crippen molar-refractivity contribution >= 4 is 11.3 Å². The first-order valence-electron chi connectivity index (χ1n) is 6.59. The zero-order valence-electron chi connectivity index (χ0n) is 10.6. The summed E-state index contributed by atoms with van der Waals surface area (Å²) >= 11 is 1.83. The Kier molecular flexibility index (Phi) is 3.43. The fourth-order valence-corrected chi connectivity index (χ4v) is 3.34. The number of nitrogens with one attached hydrogen (secondary N) is 1. The van der Waals surface area contributed by atoms with Crippen molar-refractivity contribution in [2.24, 2.45) is 0 Å². The second-order valence-electron chi connectivity index (χ2n) is 4.83. The molecular weight excluding hydrogens is 240 g/mol. The molecule has 0 saturated heterocycles. The molecule has 3 rings (SSSR count). The number of thiazole rings is 1. The van der Waals surface area contributed by atoms with E-state index in [1.54, 1.807) is 0 Å². The smallest absolute Gasteiger partial charge is 0.107 e. The largest absolute Gasteiger partial charge is 0.307 e. The molecule has 18 heavy (non-hydrogen) atoms. The quantitative estimate of drug-likeness (QED) is 0.912. The van der Waals surface area contributed by atoms with Crippen LogP contribution in [-0.2, 0) is 25.8 Å². The van der Waals surface area contributed by atoms with E-state index in [0.717, 1.165) is 25.8 Å². The molecule has 94 valence electrons. The van der Waals surface area contributed by atoms with Crippen LogP contribution in [0.5, 0.6) is 0 Å². The average Bonchev–Trinajstić information content (AvgIpc) is 3.02. The summed E-state index contributed by atoms with van der Waals surface area (Å²) in [6.07, 6.45) is 5.40. The SMILES string of the molecule is CCc1cnc(CNC2Cc3ccccc3C2)s1. The third kappa shape index (κ3) is 2.47. The Morgan fingerprint density at radius 2 is 2.00 bits per heavy atom. The fraction of sp³-hybridized carbons (Fsp3) is 0.400. The Balaban J connectivity index is 1.57. The first kappa shape index (κ1) is 11.9. The number of hydrogen-bond acceptors (Lipinski definition) is 3. The second kappa shape index (κ2) is 5.21. The molecule has 2 aromatic rings. The maximum absolute atomic E-state index is 4.45. The van der Waals surface area contributed by atoms with Gasteiger partial charge in [-0.05, 0) is 30.4 Å². The fourth-order valence-electron chi connectivity index (χ4n) is 2.53. The van der Waals surface area contributed by atoms with Crippen LogP contribution in [0.3, 0.4) is 0 Å². The number of aromatic nitrogens is 1. The van der Waals surface area contributed by atoms with Crippen molar-refractivity contribution in [3.8, 4) is 0 Å². The lowest BCUT2D eigenvalue weighted by Gasteiger charge is -2.09. The van der Waals surface area contributed by atoms with Crippen LogP contribution in [0.15, 0.2) is 30.5 Å². The van der Waals surface area contributed by atoms with Gasteiger partial charge in [0.05, 0.1) is 0 Å². The van der Waals surface area contributed by atoms with Crippen LogP contribution in [0, 0.1) is 0 Å². The number of aryl methyl sites for hydroxylation is 1. The zero-order valence-corrected chi connectivity index (χ0v) is 11.5. The molecule has 3 heteroatoms. The molecule has 0 atom stereocenters. The molecule has 1 aliphatic carbocycles. The molecule has 1 aromatic carbocycles. The van der Waals surface area contributed by atoms with E-state index in [1.165, 1.54) is 21.0 Å². The molecule has 1 N–H and O–H groups in total. The minimum Gasteiger partial charge on any atom is -0.307 e. The molecule has 0 bridgehead atoms. The summed E-state index contributed by atoms with van der Waals surface area (Å²) in [7, 11) is 0. The summed E-state index contributed by atoms with van der Waals surface area (Å²) in [6, 6.07) is 9.34. The van der Waals surface area contributed by atoms with E-state index in [4.69, 9.17) is 0 Å². The predicted octanol–water partition coefficient (Wildman–Crippen LogP) is 2.96. The topological polar surface area (TPSA) is 24.9 Å². The predicted molar refractivity (Wildman–Crippen MR) is 76.0 cm³/mol. The molecule has 0 saturated carbocycles. The zero-order chi connectivity index (χ0) is 12.4. The van der Waals surface area contributed by atoms with Gasteiger partial charge in [-0.15, -0.1) is 11.3 Å². The third-order valence-corrected chi connectivity index (χ3v) is 4.68. The van der Waals surface area contributed by atoms with Crippen molar-refractivity contribution in [2.75, 3.05) is 0 Å². The normalized spacial score (nSPS) is 14.9. The first-order chi connectivity index (χ1) is 8.85. The van der Waals surface area contributed by atoms with Crippen LogP contribution in [0.4, 0.5) is 0 Å². The molecule has 1 aliphatic rings. The van der Waals surface area contributed by atoms with Crippen molar-refractivity contribution in [1.29, 1.82) is 0 Å². The molecule has 0 unspecified atom stereocenters. The van der Waals surface area contributed by atoms with Gasteiger partial charge in [-0.25, -0.2) is 4.98 Å². The van der Waals surface area contributed by atoms with E-state index >= 15 is 0 Å². The Morgan fingerprint density at radius 3 is 2.61 bits per heavy atom. The molecule has 0 amide bonds. The van der Waals surface area contributed by atoms with Crippen molar-refractivity contribution in [2.45, 2.75) is 38.8 Å². The number of rotatable bonds is 4. The van der Waals surface area contributed by atoms with E-state index in [0.29, 0.717) is 6.04 Å². The molecule has 1 aromatic heterocycles. The van der Waals surface area contributed by atoms with Gasteiger partial charge in [-0.1, -0.05) is 31.2 Å². The maximum Gasteiger partial charge on any atom is 0.107 e. The summed E-state index contributed by atoms with van der Waals surface area (Å²) in [5, 5.41) is 4.84. The van der Waals surface area contributed by atoms with Crippen molar-refractivity contribution in [3.63, 3.8) is 0 Å². The van der Waals surface area contributed by atoms with E-state index < -0.39 is 0 Å². The maximum atomic E-state index is 4.45. The van der Waals surface area contributed by atoms with Gasteiger partial charge >= 0.3 is 0 Å². The van der Waals surface area contributed by atoms with Crippen molar-refractivity contribution < 1.29 is 0 Å². The van der Waals surface area contributed by atoms with E-state index in [-0.39, 0.29) is 0 Å². The Hall–Kier alpha value is -1.19. The van der Waals surface area contributed by atoms with Gasteiger partial charge in [0, 0.05) is 23.7 Å². The van der Waals surface area contributed by atoms with Gasteiger partial charge in [0.15, 0.2) is 0 Å². The first-order valence-corrected chi connectivity index (χ1v) is 7.40. The summed E-state index contributed by atoms with van der Waals surface area (Å²) in [5.41, 5.74) is 3.01. The summed E-state index contributed by atoms with van der Waals surface area (Å²) in [5.74, 6) is 0. The molecule has 1 heterocycles. The Morgan fingerprint density at radius 1 is 1.28 bits per heavy atom. The van der Waals surface area contributed by atoms with Crippen LogP contribution in [-0.4, -0.2) is 11.0 Å². The number of benzene rings is 1. The van der Waals surface area contributed by atoms with Gasteiger partial charge in [-0.3, -0.25) is 0 Å². The lowest BCUT2D eigenvalue weighted by molar-refractivity contribution is 0.532. The van der Waals surface area contributed by atoms with Gasteiger partial charge in [0.1, 0.15) is 5.01 Å². The van der Waals surface area contributed by atoms with E-state index in [1.807, 2.05) is 17.5 Å². The second-order valence-corrected chi connectivity index (χ2v) is 6.03. The van der Waals surface area contributed by atoms with Gasteiger partial charge in [-0.2, -0.15) is 0 Å². The highest BCUT2D eigenvalue weighted by atomic mass is 32.1. The lowest BCUT2D eigenvalue weighted by Crippen LogP contribution is -2.28.